The van der Waals surface area contributed by atoms with Gasteiger partial charge in [0.2, 0.25) is 0 Å². The first kappa shape index (κ1) is 16.4. The summed E-state index contributed by atoms with van der Waals surface area (Å²) in [7, 11) is 1.60. The molecule has 0 radical (unpaired) electrons. The second-order valence-corrected chi connectivity index (χ2v) is 6.65. The molecular formula is C17H18N4O2S. The van der Waals surface area contributed by atoms with Gasteiger partial charge in [-0.25, -0.2) is 0 Å². The molecule has 1 heterocycles. The minimum absolute atomic E-state index is 0.207. The van der Waals surface area contributed by atoms with Gasteiger partial charge in [0.1, 0.15) is 5.54 Å². The van der Waals surface area contributed by atoms with Gasteiger partial charge < -0.3 is 10.3 Å². The third-order valence-corrected chi connectivity index (χ3v) is 5.01. The lowest BCUT2D eigenvalue weighted by Gasteiger charge is -2.31. The van der Waals surface area contributed by atoms with Gasteiger partial charge in [-0.05, 0) is 43.3 Å². The molecule has 0 bridgehead atoms. The van der Waals surface area contributed by atoms with Crippen LogP contribution in [0.5, 0.6) is 0 Å². The molecule has 0 atom stereocenters. The van der Waals surface area contributed by atoms with Gasteiger partial charge in [-0.1, -0.05) is 19.3 Å². The average Bonchev–Trinajstić information content (AvgIpc) is 2.60. The van der Waals surface area contributed by atoms with Crippen LogP contribution >= 0.6 is 12.2 Å². The number of carbonyl (C=O) groups excluding carboxylic acids is 1. The van der Waals surface area contributed by atoms with E-state index in [0.717, 1.165) is 19.3 Å². The second-order valence-electron chi connectivity index (χ2n) is 6.26. The van der Waals surface area contributed by atoms with Crippen LogP contribution in [0.4, 0.5) is 0 Å². The zero-order chi connectivity index (χ0) is 17.3. The summed E-state index contributed by atoms with van der Waals surface area (Å²) in [6.07, 6.45) is 4.32. The molecule has 124 valence electrons. The third kappa shape index (κ3) is 2.85. The van der Waals surface area contributed by atoms with Crippen LogP contribution in [0, 0.1) is 16.1 Å². The maximum Gasteiger partial charge on any atom is 0.261 e. The molecule has 2 aromatic rings. The summed E-state index contributed by atoms with van der Waals surface area (Å²) in [6, 6.07) is 7.09. The number of aromatic nitrogens is 2. The number of hydrogen-bond acceptors (Lipinski definition) is 4. The average molecular weight is 342 g/mol. The van der Waals surface area contributed by atoms with Crippen LogP contribution in [-0.4, -0.2) is 21.0 Å². The topological polar surface area (TPSA) is 90.7 Å². The zero-order valence-electron chi connectivity index (χ0n) is 13.4. The van der Waals surface area contributed by atoms with Crippen molar-refractivity contribution in [3.8, 4) is 6.07 Å². The molecule has 0 saturated heterocycles. The van der Waals surface area contributed by atoms with Crippen molar-refractivity contribution < 1.29 is 4.79 Å². The molecule has 1 saturated carbocycles. The quantitative estimate of drug-likeness (QED) is 0.821. The Bertz CT molecular complexity index is 961. The summed E-state index contributed by atoms with van der Waals surface area (Å²) in [5, 5.41) is 12.8. The maximum atomic E-state index is 12.6. The first-order chi connectivity index (χ1) is 11.5. The summed E-state index contributed by atoms with van der Waals surface area (Å²) < 4.78 is 1.65. The number of rotatable bonds is 2. The van der Waals surface area contributed by atoms with Crippen LogP contribution in [0.1, 0.15) is 42.5 Å². The van der Waals surface area contributed by atoms with Gasteiger partial charge in [-0.15, -0.1) is 0 Å². The number of carbonyl (C=O) groups is 1. The largest absolute Gasteiger partial charge is 0.334 e. The first-order valence-electron chi connectivity index (χ1n) is 7.93. The van der Waals surface area contributed by atoms with Crippen LogP contribution in [-0.2, 0) is 7.05 Å². The predicted molar refractivity (Wildman–Crippen MR) is 93.3 cm³/mol. The fourth-order valence-electron chi connectivity index (χ4n) is 3.16. The van der Waals surface area contributed by atoms with E-state index in [-0.39, 0.29) is 11.5 Å². The number of nitrogens with zero attached hydrogens (tertiary/aromatic N) is 2. The number of H-pyrrole nitrogens is 1. The van der Waals surface area contributed by atoms with E-state index in [4.69, 9.17) is 12.2 Å². The first-order valence-corrected chi connectivity index (χ1v) is 8.33. The van der Waals surface area contributed by atoms with Gasteiger partial charge in [0, 0.05) is 12.6 Å². The van der Waals surface area contributed by atoms with E-state index < -0.39 is 5.54 Å². The smallest absolute Gasteiger partial charge is 0.261 e. The van der Waals surface area contributed by atoms with Crippen molar-refractivity contribution in [2.24, 2.45) is 7.05 Å². The number of nitrogens with one attached hydrogen (secondary N) is 2. The monoisotopic (exact) mass is 342 g/mol. The molecule has 0 spiro atoms. The van der Waals surface area contributed by atoms with Crippen LogP contribution in [0.3, 0.4) is 0 Å². The fourth-order valence-corrected chi connectivity index (χ4v) is 3.35. The number of hydrogen-bond donors (Lipinski definition) is 2. The molecule has 2 N–H and O–H groups in total. The predicted octanol–water partition coefficient (Wildman–Crippen LogP) is 2.55. The lowest BCUT2D eigenvalue weighted by atomic mass is 9.82. The van der Waals surface area contributed by atoms with Gasteiger partial charge in [0.15, 0.2) is 4.77 Å². The van der Waals surface area contributed by atoms with Crippen molar-refractivity contribution >= 4 is 29.0 Å². The number of benzene rings is 1. The normalized spacial score (nSPS) is 16.5. The van der Waals surface area contributed by atoms with E-state index in [9.17, 15) is 14.9 Å². The van der Waals surface area contributed by atoms with Crippen molar-refractivity contribution in [2.75, 3.05) is 0 Å². The Hall–Kier alpha value is -2.46. The van der Waals surface area contributed by atoms with Crippen molar-refractivity contribution in [1.29, 1.82) is 5.26 Å². The summed E-state index contributed by atoms with van der Waals surface area (Å²) in [4.78, 5) is 27.7. The minimum Gasteiger partial charge on any atom is -0.334 e. The Morgan fingerprint density at radius 3 is 2.75 bits per heavy atom. The Balaban J connectivity index is 1.96. The van der Waals surface area contributed by atoms with Gasteiger partial charge in [-0.2, -0.15) is 5.26 Å². The lowest BCUT2D eigenvalue weighted by Crippen LogP contribution is -2.48. The molecule has 1 amide bonds. The highest BCUT2D eigenvalue weighted by Gasteiger charge is 2.33. The van der Waals surface area contributed by atoms with Crippen LogP contribution < -0.4 is 10.9 Å². The van der Waals surface area contributed by atoms with Crippen LogP contribution in [0.15, 0.2) is 23.0 Å². The highest BCUT2D eigenvalue weighted by Crippen LogP contribution is 2.28. The Kier molecular flexibility index (Phi) is 4.24. The molecule has 1 fully saturated rings. The molecule has 24 heavy (non-hydrogen) atoms. The number of fused-ring (bicyclic) bond motifs is 1. The molecule has 6 nitrogen and oxygen atoms in total. The Morgan fingerprint density at radius 1 is 1.38 bits per heavy atom. The van der Waals surface area contributed by atoms with Gasteiger partial charge in [0.25, 0.3) is 11.5 Å². The van der Waals surface area contributed by atoms with Crippen LogP contribution in [0.25, 0.3) is 10.9 Å². The Morgan fingerprint density at radius 2 is 2.08 bits per heavy atom. The van der Waals surface area contributed by atoms with Crippen LogP contribution in [0.2, 0.25) is 0 Å². The number of nitriles is 1. The second kappa shape index (κ2) is 6.21. The van der Waals surface area contributed by atoms with Gasteiger partial charge in [-0.3, -0.25) is 14.2 Å². The molecule has 0 unspecified atom stereocenters. The molecule has 0 aliphatic heterocycles. The van der Waals surface area contributed by atoms with E-state index >= 15 is 0 Å². The van der Waals surface area contributed by atoms with Gasteiger partial charge in [0.05, 0.1) is 17.0 Å². The molecule has 1 aliphatic rings. The molecule has 7 heteroatoms. The third-order valence-electron chi connectivity index (χ3n) is 4.64. The Labute approximate surface area is 144 Å². The molecule has 1 aromatic carbocycles. The van der Waals surface area contributed by atoms with Crippen molar-refractivity contribution in [2.45, 2.75) is 37.6 Å². The fraction of sp³-hybridized carbons (Fsp3) is 0.412. The maximum absolute atomic E-state index is 12.6. The standard InChI is InChI=1S/C17H18N4O2S/c1-21-15(23)12-6-5-11(9-13(12)19-16(21)24)14(22)20-17(10-18)7-3-2-4-8-17/h5-6,9H,2-4,7-8H2,1H3,(H,19,24)(H,20,22). The summed E-state index contributed by atoms with van der Waals surface area (Å²) >= 11 is 5.11. The minimum atomic E-state index is -0.788. The molecular weight excluding hydrogens is 324 g/mol. The number of amides is 1. The summed E-state index contributed by atoms with van der Waals surface area (Å²) in [5.74, 6) is -0.305. The van der Waals surface area contributed by atoms with Gasteiger partial charge >= 0.3 is 0 Å². The van der Waals surface area contributed by atoms with E-state index in [1.165, 1.54) is 4.57 Å². The van der Waals surface area contributed by atoms with E-state index in [2.05, 4.69) is 16.4 Å². The van der Waals surface area contributed by atoms with E-state index in [0.29, 0.717) is 34.1 Å². The molecule has 3 rings (SSSR count). The SMILES string of the molecule is Cn1c(=S)[nH]c2cc(C(=O)NC3(C#N)CCCCC3)ccc2c1=O. The van der Waals surface area contributed by atoms with Crippen molar-refractivity contribution in [1.82, 2.24) is 14.9 Å². The highest BCUT2D eigenvalue weighted by atomic mass is 32.1. The lowest BCUT2D eigenvalue weighted by molar-refractivity contribution is 0.0903. The molecule has 1 aromatic heterocycles. The number of aromatic amines is 1. The van der Waals surface area contributed by atoms with Crippen molar-refractivity contribution in [3.05, 3.63) is 38.9 Å². The van der Waals surface area contributed by atoms with E-state index in [1.807, 2.05) is 0 Å². The van der Waals surface area contributed by atoms with Crippen molar-refractivity contribution in [3.63, 3.8) is 0 Å². The van der Waals surface area contributed by atoms with E-state index in [1.54, 1.807) is 25.2 Å². The zero-order valence-corrected chi connectivity index (χ0v) is 14.2. The summed E-state index contributed by atoms with van der Waals surface area (Å²) in [5.41, 5.74) is -0.0715. The summed E-state index contributed by atoms with van der Waals surface area (Å²) in [6.45, 7) is 0. The highest BCUT2D eigenvalue weighted by molar-refractivity contribution is 7.71. The molecule has 1 aliphatic carbocycles.